The van der Waals surface area contributed by atoms with E-state index in [1.165, 1.54) is 0 Å². The van der Waals surface area contributed by atoms with Crippen molar-refractivity contribution in [3.05, 3.63) is 11.4 Å². The molecule has 1 aromatic rings. The van der Waals surface area contributed by atoms with E-state index in [1.54, 1.807) is 0 Å². The smallest absolute Gasteiger partial charge is 0.137 e. The van der Waals surface area contributed by atoms with Gasteiger partial charge in [-0.25, -0.2) is 9.97 Å². The van der Waals surface area contributed by atoms with Crippen molar-refractivity contribution in [2.24, 2.45) is 0 Å². The molecule has 0 spiro atoms. The number of morpholine rings is 1. The average Bonchev–Trinajstić information content (AvgIpc) is 2.39. The molecule has 5 nitrogen and oxygen atoms in total. The summed E-state index contributed by atoms with van der Waals surface area (Å²) in [5.74, 6) is 3.22. The topological polar surface area (TPSA) is 50.3 Å². The minimum Gasteiger partial charge on any atom is -0.372 e. The van der Waals surface area contributed by atoms with Crippen molar-refractivity contribution in [3.8, 4) is 0 Å². The molecular formula is C16H28N4O. The molecule has 1 saturated heterocycles. The van der Waals surface area contributed by atoms with Crippen LogP contribution in [0, 0.1) is 6.92 Å². The molecule has 1 N–H and O–H groups in total. The Morgan fingerprint density at radius 3 is 2.38 bits per heavy atom. The summed E-state index contributed by atoms with van der Waals surface area (Å²) in [6.45, 7) is 15.3. The van der Waals surface area contributed by atoms with Crippen molar-refractivity contribution in [2.75, 3.05) is 29.9 Å². The highest BCUT2D eigenvalue weighted by atomic mass is 16.5. The fraction of sp³-hybridized carbons (Fsp3) is 0.750. The summed E-state index contributed by atoms with van der Waals surface area (Å²) in [4.78, 5) is 11.8. The summed E-state index contributed by atoms with van der Waals surface area (Å²) in [5, 5.41) is 3.36. The van der Waals surface area contributed by atoms with E-state index in [0.717, 1.165) is 42.7 Å². The normalized spacial score (nSPS) is 22.7. The number of nitrogens with zero attached hydrogens (tertiary/aromatic N) is 3. The van der Waals surface area contributed by atoms with Crippen molar-refractivity contribution in [1.29, 1.82) is 0 Å². The Bertz CT molecular complexity index is 479. The number of anilines is 2. The molecule has 0 amide bonds. The molecule has 2 rings (SSSR count). The van der Waals surface area contributed by atoms with Gasteiger partial charge in [-0.1, -0.05) is 13.8 Å². The predicted octanol–water partition coefficient (Wildman–Crippen LogP) is 2.95. The lowest BCUT2D eigenvalue weighted by atomic mass is 10.1. The maximum atomic E-state index is 5.83. The first-order valence-electron chi connectivity index (χ1n) is 7.95. The van der Waals surface area contributed by atoms with E-state index in [9.17, 15) is 0 Å². The SMILES string of the molecule is CCNc1nc(C(C)C)nc(N2CC(C)OC(C)C2)c1C. The van der Waals surface area contributed by atoms with Gasteiger partial charge in [-0.15, -0.1) is 0 Å². The van der Waals surface area contributed by atoms with Crippen LogP contribution in [0.25, 0.3) is 0 Å². The van der Waals surface area contributed by atoms with Gasteiger partial charge < -0.3 is 15.0 Å². The fourth-order valence-electron chi connectivity index (χ4n) is 2.78. The highest BCUT2D eigenvalue weighted by Crippen LogP contribution is 2.28. The monoisotopic (exact) mass is 292 g/mol. The molecule has 1 aliphatic rings. The molecule has 0 aromatic carbocycles. The van der Waals surface area contributed by atoms with E-state index in [4.69, 9.17) is 9.72 Å². The standard InChI is InChI=1S/C16H28N4O/c1-7-17-15-13(6)16(19-14(18-15)10(2)3)20-8-11(4)21-12(5)9-20/h10-12H,7-9H2,1-6H3,(H,17,18,19). The molecule has 1 aliphatic heterocycles. The van der Waals surface area contributed by atoms with Gasteiger partial charge in [-0.2, -0.15) is 0 Å². The first-order chi connectivity index (χ1) is 9.92. The van der Waals surface area contributed by atoms with Crippen molar-refractivity contribution in [3.63, 3.8) is 0 Å². The average molecular weight is 292 g/mol. The van der Waals surface area contributed by atoms with Crippen LogP contribution in [0.1, 0.15) is 51.9 Å². The van der Waals surface area contributed by atoms with Crippen LogP contribution in [0.3, 0.4) is 0 Å². The van der Waals surface area contributed by atoms with E-state index in [-0.39, 0.29) is 12.2 Å². The van der Waals surface area contributed by atoms with Crippen LogP contribution in [-0.4, -0.2) is 41.8 Å². The zero-order valence-electron chi connectivity index (χ0n) is 14.1. The van der Waals surface area contributed by atoms with E-state index in [0.29, 0.717) is 5.92 Å². The minimum atomic E-state index is 0.230. The maximum absolute atomic E-state index is 5.83. The first-order valence-corrected chi connectivity index (χ1v) is 7.95. The predicted molar refractivity (Wildman–Crippen MR) is 87.2 cm³/mol. The van der Waals surface area contributed by atoms with Crippen molar-refractivity contribution < 1.29 is 4.74 Å². The van der Waals surface area contributed by atoms with Gasteiger partial charge in [-0.3, -0.25) is 0 Å². The van der Waals surface area contributed by atoms with Gasteiger partial charge >= 0.3 is 0 Å². The molecule has 0 aliphatic carbocycles. The molecule has 0 radical (unpaired) electrons. The number of hydrogen-bond donors (Lipinski definition) is 1. The van der Waals surface area contributed by atoms with Crippen LogP contribution in [0.4, 0.5) is 11.6 Å². The van der Waals surface area contributed by atoms with Crippen LogP contribution in [-0.2, 0) is 4.74 Å². The summed E-state index contributed by atoms with van der Waals surface area (Å²) in [6.07, 6.45) is 0.460. The summed E-state index contributed by atoms with van der Waals surface area (Å²) < 4.78 is 5.83. The largest absolute Gasteiger partial charge is 0.372 e. The van der Waals surface area contributed by atoms with Crippen molar-refractivity contribution >= 4 is 11.6 Å². The maximum Gasteiger partial charge on any atom is 0.137 e. The lowest BCUT2D eigenvalue weighted by molar-refractivity contribution is -0.00550. The van der Waals surface area contributed by atoms with Crippen molar-refractivity contribution in [1.82, 2.24) is 9.97 Å². The van der Waals surface area contributed by atoms with E-state index < -0.39 is 0 Å². The lowest BCUT2D eigenvalue weighted by Gasteiger charge is -2.37. The molecule has 2 unspecified atom stereocenters. The van der Waals surface area contributed by atoms with Crippen LogP contribution >= 0.6 is 0 Å². The molecule has 0 saturated carbocycles. The first kappa shape index (κ1) is 16.0. The third-order valence-electron chi connectivity index (χ3n) is 3.72. The van der Waals surface area contributed by atoms with Crippen LogP contribution in [0.2, 0.25) is 0 Å². The van der Waals surface area contributed by atoms with Crippen molar-refractivity contribution in [2.45, 2.75) is 59.7 Å². The fourth-order valence-corrected chi connectivity index (χ4v) is 2.78. The van der Waals surface area contributed by atoms with Crippen LogP contribution < -0.4 is 10.2 Å². The molecule has 2 heterocycles. The molecule has 2 atom stereocenters. The van der Waals surface area contributed by atoms with Gasteiger partial charge in [0.2, 0.25) is 0 Å². The number of nitrogens with one attached hydrogen (secondary N) is 1. The Kier molecular flexibility index (Phi) is 5.04. The zero-order valence-corrected chi connectivity index (χ0v) is 14.1. The van der Waals surface area contributed by atoms with E-state index >= 15 is 0 Å². The van der Waals surface area contributed by atoms with Gasteiger partial charge in [0.25, 0.3) is 0 Å². The summed E-state index contributed by atoms with van der Waals surface area (Å²) in [5.41, 5.74) is 1.13. The molecule has 5 heteroatoms. The number of aromatic nitrogens is 2. The van der Waals surface area contributed by atoms with Gasteiger partial charge in [0.1, 0.15) is 17.5 Å². The summed E-state index contributed by atoms with van der Waals surface area (Å²) in [6, 6.07) is 0. The summed E-state index contributed by atoms with van der Waals surface area (Å²) >= 11 is 0. The van der Waals surface area contributed by atoms with Crippen LogP contribution in [0.15, 0.2) is 0 Å². The summed E-state index contributed by atoms with van der Waals surface area (Å²) in [7, 11) is 0. The molecular weight excluding hydrogens is 264 g/mol. The second-order valence-corrected chi connectivity index (χ2v) is 6.23. The van der Waals surface area contributed by atoms with Gasteiger partial charge in [0, 0.05) is 31.1 Å². The third-order valence-corrected chi connectivity index (χ3v) is 3.72. The second-order valence-electron chi connectivity index (χ2n) is 6.23. The minimum absolute atomic E-state index is 0.230. The van der Waals surface area contributed by atoms with Gasteiger partial charge in [0.05, 0.1) is 12.2 Å². The van der Waals surface area contributed by atoms with E-state index in [1.807, 2.05) is 0 Å². The lowest BCUT2D eigenvalue weighted by Crippen LogP contribution is -2.46. The molecule has 0 bridgehead atoms. The van der Waals surface area contributed by atoms with Crippen LogP contribution in [0.5, 0.6) is 0 Å². The Hall–Kier alpha value is -1.36. The molecule has 1 fully saturated rings. The Balaban J connectivity index is 2.40. The molecule has 118 valence electrons. The zero-order chi connectivity index (χ0) is 15.6. The Morgan fingerprint density at radius 2 is 1.86 bits per heavy atom. The Labute approximate surface area is 128 Å². The number of hydrogen-bond acceptors (Lipinski definition) is 5. The molecule has 21 heavy (non-hydrogen) atoms. The van der Waals surface area contributed by atoms with Gasteiger partial charge in [0.15, 0.2) is 0 Å². The number of ether oxygens (including phenoxy) is 1. The molecule has 1 aromatic heterocycles. The quantitative estimate of drug-likeness (QED) is 0.924. The number of rotatable bonds is 4. The van der Waals surface area contributed by atoms with E-state index in [2.05, 4.69) is 56.7 Å². The highest BCUT2D eigenvalue weighted by molar-refractivity contribution is 5.59. The second kappa shape index (κ2) is 6.60. The highest BCUT2D eigenvalue weighted by Gasteiger charge is 2.26. The van der Waals surface area contributed by atoms with Gasteiger partial charge in [-0.05, 0) is 27.7 Å². The Morgan fingerprint density at radius 1 is 1.24 bits per heavy atom. The third kappa shape index (κ3) is 3.64.